The summed E-state index contributed by atoms with van der Waals surface area (Å²) in [5, 5.41) is 18.9. The first-order valence-electron chi connectivity index (χ1n) is 4.08. The lowest BCUT2D eigenvalue weighted by Crippen LogP contribution is -2.34. The van der Waals surface area contributed by atoms with Gasteiger partial charge in [0.25, 0.3) is 0 Å². The summed E-state index contributed by atoms with van der Waals surface area (Å²) in [6.07, 6.45) is 1.34. The van der Waals surface area contributed by atoms with Crippen LogP contribution in [0.1, 0.15) is 33.6 Å². The van der Waals surface area contributed by atoms with Crippen LogP contribution in [0.4, 0.5) is 0 Å². The van der Waals surface area contributed by atoms with Crippen LogP contribution in [0.5, 0.6) is 0 Å². The van der Waals surface area contributed by atoms with Crippen LogP contribution in [0.3, 0.4) is 0 Å². The van der Waals surface area contributed by atoms with Gasteiger partial charge in [0.05, 0.1) is 0 Å². The molecule has 0 spiro atoms. The number of rotatable bonds is 0. The molecule has 1 atom stereocenters. The Morgan fingerprint density at radius 1 is 1.36 bits per heavy atom. The Kier molecular flexibility index (Phi) is 2.08. The molecule has 2 heteroatoms. The summed E-state index contributed by atoms with van der Waals surface area (Å²) in [5.74, 6) is -1.03. The van der Waals surface area contributed by atoms with Gasteiger partial charge in [-0.05, 0) is 31.8 Å². The zero-order chi connectivity index (χ0) is 8.65. The van der Waals surface area contributed by atoms with Gasteiger partial charge in [-0.15, -0.1) is 0 Å². The summed E-state index contributed by atoms with van der Waals surface area (Å²) in [6.45, 7) is 5.89. The molecule has 1 aliphatic carbocycles. The average molecular weight is 156 g/mol. The van der Waals surface area contributed by atoms with Gasteiger partial charge in [-0.3, -0.25) is 0 Å². The second kappa shape index (κ2) is 2.61. The lowest BCUT2D eigenvalue weighted by molar-refractivity contribution is -0.140. The highest BCUT2D eigenvalue weighted by molar-refractivity contribution is 5.22. The van der Waals surface area contributed by atoms with Crippen LogP contribution >= 0.6 is 0 Å². The van der Waals surface area contributed by atoms with Gasteiger partial charge in [0.15, 0.2) is 5.79 Å². The van der Waals surface area contributed by atoms with E-state index in [1.54, 1.807) is 6.92 Å². The lowest BCUT2D eigenvalue weighted by Gasteiger charge is -2.32. The maximum absolute atomic E-state index is 9.43. The van der Waals surface area contributed by atoms with E-state index in [4.69, 9.17) is 0 Å². The zero-order valence-corrected chi connectivity index (χ0v) is 7.39. The predicted octanol–water partition coefficient (Wildman–Crippen LogP) is 1.43. The molecule has 1 rings (SSSR count). The van der Waals surface area contributed by atoms with E-state index in [9.17, 15) is 10.2 Å². The first kappa shape index (κ1) is 8.75. The Morgan fingerprint density at radius 3 is 2.36 bits per heavy atom. The molecule has 0 aromatic heterocycles. The molecule has 0 aromatic carbocycles. The van der Waals surface area contributed by atoms with E-state index in [-0.39, 0.29) is 0 Å². The third-order valence-electron chi connectivity index (χ3n) is 2.86. The minimum atomic E-state index is -1.53. The molecular formula is C9H16O2. The second-order valence-electron chi connectivity index (χ2n) is 3.56. The van der Waals surface area contributed by atoms with Crippen molar-refractivity contribution in [2.45, 2.75) is 39.4 Å². The van der Waals surface area contributed by atoms with Crippen molar-refractivity contribution in [1.82, 2.24) is 0 Å². The smallest absolute Gasteiger partial charge is 0.185 e. The van der Waals surface area contributed by atoms with Crippen molar-refractivity contribution in [2.75, 3.05) is 0 Å². The van der Waals surface area contributed by atoms with Gasteiger partial charge in [0.2, 0.25) is 0 Å². The molecule has 2 nitrogen and oxygen atoms in total. The summed E-state index contributed by atoms with van der Waals surface area (Å²) in [5.41, 5.74) is 1.86. The molecule has 1 aliphatic rings. The van der Waals surface area contributed by atoms with Crippen molar-refractivity contribution in [3.63, 3.8) is 0 Å². The SMILES string of the molecule is CC1=C(C)C(O)(O)CCC1C. The van der Waals surface area contributed by atoms with Gasteiger partial charge in [0.1, 0.15) is 0 Å². The topological polar surface area (TPSA) is 40.5 Å². The Bertz CT molecular complexity index is 192. The fraction of sp³-hybridized carbons (Fsp3) is 0.778. The second-order valence-corrected chi connectivity index (χ2v) is 3.56. The van der Waals surface area contributed by atoms with E-state index in [0.717, 1.165) is 17.6 Å². The van der Waals surface area contributed by atoms with E-state index < -0.39 is 5.79 Å². The summed E-state index contributed by atoms with van der Waals surface area (Å²) in [6, 6.07) is 0. The van der Waals surface area contributed by atoms with Crippen LogP contribution in [0.2, 0.25) is 0 Å². The highest BCUT2D eigenvalue weighted by Gasteiger charge is 2.32. The third-order valence-corrected chi connectivity index (χ3v) is 2.86. The maximum Gasteiger partial charge on any atom is 0.185 e. The minimum Gasteiger partial charge on any atom is -0.362 e. The largest absolute Gasteiger partial charge is 0.362 e. The van der Waals surface area contributed by atoms with Crippen LogP contribution in [-0.2, 0) is 0 Å². The molecule has 11 heavy (non-hydrogen) atoms. The van der Waals surface area contributed by atoms with Gasteiger partial charge in [0, 0.05) is 6.42 Å². The minimum absolute atomic E-state index is 0.470. The number of hydrogen-bond donors (Lipinski definition) is 2. The molecule has 64 valence electrons. The molecule has 2 N–H and O–H groups in total. The molecule has 0 saturated heterocycles. The first-order chi connectivity index (χ1) is 4.95. The summed E-state index contributed by atoms with van der Waals surface area (Å²) < 4.78 is 0. The summed E-state index contributed by atoms with van der Waals surface area (Å²) in [7, 11) is 0. The molecule has 0 radical (unpaired) electrons. The van der Waals surface area contributed by atoms with E-state index in [2.05, 4.69) is 6.92 Å². The van der Waals surface area contributed by atoms with Crippen LogP contribution in [-0.4, -0.2) is 16.0 Å². The maximum atomic E-state index is 9.43. The molecule has 0 heterocycles. The van der Waals surface area contributed by atoms with Crippen molar-refractivity contribution < 1.29 is 10.2 Å². The molecule has 0 fully saturated rings. The molecule has 1 unspecified atom stereocenters. The molecule has 0 amide bonds. The van der Waals surface area contributed by atoms with Crippen molar-refractivity contribution in [3.05, 3.63) is 11.1 Å². The number of allylic oxidation sites excluding steroid dienone is 1. The Labute approximate surface area is 67.6 Å². The van der Waals surface area contributed by atoms with Gasteiger partial charge in [-0.25, -0.2) is 0 Å². The van der Waals surface area contributed by atoms with Crippen molar-refractivity contribution in [2.24, 2.45) is 5.92 Å². The molecule has 0 saturated carbocycles. The normalized spacial score (nSPS) is 30.8. The van der Waals surface area contributed by atoms with E-state index in [1.807, 2.05) is 6.92 Å². The van der Waals surface area contributed by atoms with E-state index in [1.165, 1.54) is 0 Å². The molecule has 0 aliphatic heterocycles. The fourth-order valence-corrected chi connectivity index (χ4v) is 1.51. The van der Waals surface area contributed by atoms with Crippen molar-refractivity contribution in [3.8, 4) is 0 Å². The first-order valence-corrected chi connectivity index (χ1v) is 4.08. The monoisotopic (exact) mass is 156 g/mol. The Hall–Kier alpha value is -0.340. The number of hydrogen-bond acceptors (Lipinski definition) is 2. The van der Waals surface area contributed by atoms with Crippen LogP contribution in [0, 0.1) is 5.92 Å². The van der Waals surface area contributed by atoms with Crippen LogP contribution < -0.4 is 0 Å². The van der Waals surface area contributed by atoms with Gasteiger partial charge in [-0.2, -0.15) is 0 Å². The van der Waals surface area contributed by atoms with Crippen molar-refractivity contribution >= 4 is 0 Å². The van der Waals surface area contributed by atoms with Gasteiger partial charge >= 0.3 is 0 Å². The predicted molar refractivity (Wildman–Crippen MR) is 43.9 cm³/mol. The molecule has 0 aromatic rings. The quantitative estimate of drug-likeness (QED) is 0.411. The third kappa shape index (κ3) is 1.47. The summed E-state index contributed by atoms with van der Waals surface area (Å²) in [4.78, 5) is 0. The number of aliphatic hydroxyl groups is 2. The van der Waals surface area contributed by atoms with Crippen LogP contribution in [0.15, 0.2) is 11.1 Å². The van der Waals surface area contributed by atoms with E-state index >= 15 is 0 Å². The summed E-state index contributed by atoms with van der Waals surface area (Å²) >= 11 is 0. The fourth-order valence-electron chi connectivity index (χ4n) is 1.51. The molecular weight excluding hydrogens is 140 g/mol. The molecule has 0 bridgehead atoms. The lowest BCUT2D eigenvalue weighted by atomic mass is 9.82. The Morgan fingerprint density at radius 2 is 1.91 bits per heavy atom. The zero-order valence-electron chi connectivity index (χ0n) is 7.39. The van der Waals surface area contributed by atoms with Crippen LogP contribution in [0.25, 0.3) is 0 Å². The highest BCUT2D eigenvalue weighted by Crippen LogP contribution is 2.34. The van der Waals surface area contributed by atoms with Gasteiger partial charge in [-0.1, -0.05) is 12.5 Å². The van der Waals surface area contributed by atoms with E-state index in [0.29, 0.717) is 12.3 Å². The van der Waals surface area contributed by atoms with Crippen molar-refractivity contribution in [1.29, 1.82) is 0 Å². The Balaban J connectivity index is 2.97. The standard InChI is InChI=1S/C9H16O2/c1-6-4-5-9(10,11)8(3)7(6)2/h6,10-11H,4-5H2,1-3H3. The highest BCUT2D eigenvalue weighted by atomic mass is 16.5. The average Bonchev–Trinajstić information content (AvgIpc) is 1.95. The van der Waals surface area contributed by atoms with Gasteiger partial charge < -0.3 is 10.2 Å².